The fraction of sp³-hybridized carbons (Fsp3) is 0.444. The molecule has 1 unspecified atom stereocenters. The quantitative estimate of drug-likeness (QED) is 0.662. The van der Waals surface area contributed by atoms with Gasteiger partial charge in [-0.3, -0.25) is 4.79 Å². The van der Waals surface area contributed by atoms with Crippen molar-refractivity contribution in [1.82, 2.24) is 4.90 Å². The lowest BCUT2D eigenvalue weighted by molar-refractivity contribution is -0.112. The summed E-state index contributed by atoms with van der Waals surface area (Å²) in [6, 6.07) is 7.74. The third kappa shape index (κ3) is 4.49. The third-order valence-electron chi connectivity index (χ3n) is 4.25. The first-order valence-corrected chi connectivity index (χ1v) is 8.38. The molecule has 0 aliphatic carbocycles. The van der Waals surface area contributed by atoms with Crippen LogP contribution in [0, 0.1) is 18.3 Å². The predicted octanol–water partition coefficient (Wildman–Crippen LogP) is 4.26. The van der Waals surface area contributed by atoms with Gasteiger partial charge in [0.2, 0.25) is 0 Å². The lowest BCUT2D eigenvalue weighted by Gasteiger charge is -2.34. The number of amides is 1. The van der Waals surface area contributed by atoms with Crippen molar-refractivity contribution in [2.24, 2.45) is 0 Å². The van der Waals surface area contributed by atoms with Crippen LogP contribution in [0.1, 0.15) is 38.2 Å². The van der Waals surface area contributed by atoms with Crippen molar-refractivity contribution in [1.29, 1.82) is 5.26 Å². The highest BCUT2D eigenvalue weighted by Gasteiger charge is 2.20. The molecule has 1 fully saturated rings. The highest BCUT2D eigenvalue weighted by atomic mass is 35.5. The second-order valence-electron chi connectivity index (χ2n) is 5.86. The highest BCUT2D eigenvalue weighted by molar-refractivity contribution is 6.31. The van der Waals surface area contributed by atoms with Crippen LogP contribution in [0.2, 0.25) is 5.02 Å². The summed E-state index contributed by atoms with van der Waals surface area (Å²) in [6.07, 6.45) is 6.15. The first kappa shape index (κ1) is 17.4. The molecule has 0 radical (unpaired) electrons. The number of carbonyl (C=O) groups is 1. The van der Waals surface area contributed by atoms with E-state index in [4.69, 9.17) is 11.6 Å². The number of carbonyl (C=O) groups excluding carboxylic acids is 1. The SMILES string of the molecule is CCC1CCCCN1/C=C(/C#N)C(=O)Nc1cc(Cl)ccc1C. The molecule has 1 amide bonds. The maximum absolute atomic E-state index is 12.4. The molecule has 1 aromatic rings. The van der Waals surface area contributed by atoms with E-state index in [1.807, 2.05) is 19.1 Å². The molecule has 2 rings (SSSR count). The smallest absolute Gasteiger partial charge is 0.267 e. The average molecular weight is 332 g/mol. The summed E-state index contributed by atoms with van der Waals surface area (Å²) in [7, 11) is 0. The Morgan fingerprint density at radius 1 is 1.52 bits per heavy atom. The Kier molecular flexibility index (Phi) is 6.06. The summed E-state index contributed by atoms with van der Waals surface area (Å²) >= 11 is 5.97. The molecule has 1 atom stereocenters. The number of aryl methyl sites for hydroxylation is 1. The molecule has 1 heterocycles. The molecule has 5 heteroatoms. The van der Waals surface area contributed by atoms with Crippen LogP contribution in [-0.2, 0) is 4.79 Å². The Hall–Kier alpha value is -1.99. The first-order chi connectivity index (χ1) is 11.0. The zero-order chi connectivity index (χ0) is 16.8. The maximum atomic E-state index is 12.4. The predicted molar refractivity (Wildman–Crippen MR) is 93.2 cm³/mol. The Labute approximate surface area is 142 Å². The number of piperidine rings is 1. The second kappa shape index (κ2) is 8.03. The summed E-state index contributed by atoms with van der Waals surface area (Å²) in [6.45, 7) is 4.92. The molecule has 1 aromatic carbocycles. The Morgan fingerprint density at radius 3 is 3.00 bits per heavy atom. The van der Waals surface area contributed by atoms with Crippen molar-refractivity contribution in [3.05, 3.63) is 40.6 Å². The topological polar surface area (TPSA) is 56.1 Å². The van der Waals surface area contributed by atoms with Crippen LogP contribution in [0.3, 0.4) is 0 Å². The number of anilines is 1. The van der Waals surface area contributed by atoms with E-state index in [9.17, 15) is 10.1 Å². The minimum atomic E-state index is -0.390. The summed E-state index contributed by atoms with van der Waals surface area (Å²) in [5.41, 5.74) is 1.67. The molecule has 0 saturated carbocycles. The van der Waals surface area contributed by atoms with Gasteiger partial charge >= 0.3 is 0 Å². The molecule has 1 aliphatic rings. The van der Waals surface area contributed by atoms with E-state index in [1.165, 1.54) is 6.42 Å². The number of nitrogens with one attached hydrogen (secondary N) is 1. The van der Waals surface area contributed by atoms with E-state index in [1.54, 1.807) is 18.3 Å². The van der Waals surface area contributed by atoms with Crippen LogP contribution >= 0.6 is 11.6 Å². The Balaban J connectivity index is 2.16. The van der Waals surface area contributed by atoms with E-state index in [2.05, 4.69) is 17.1 Å². The van der Waals surface area contributed by atoms with E-state index in [-0.39, 0.29) is 5.57 Å². The lowest BCUT2D eigenvalue weighted by Crippen LogP contribution is -2.35. The Morgan fingerprint density at radius 2 is 2.30 bits per heavy atom. The van der Waals surface area contributed by atoms with Gasteiger partial charge in [0.15, 0.2) is 0 Å². The number of likely N-dealkylation sites (tertiary alicyclic amines) is 1. The molecule has 1 aliphatic heterocycles. The molecule has 23 heavy (non-hydrogen) atoms. The zero-order valence-corrected chi connectivity index (χ0v) is 14.4. The monoisotopic (exact) mass is 331 g/mol. The van der Waals surface area contributed by atoms with Gasteiger partial charge in [-0.15, -0.1) is 0 Å². The van der Waals surface area contributed by atoms with Gasteiger partial charge in [0, 0.05) is 29.5 Å². The van der Waals surface area contributed by atoms with Crippen molar-refractivity contribution in [3.63, 3.8) is 0 Å². The molecule has 1 N–H and O–H groups in total. The van der Waals surface area contributed by atoms with Gasteiger partial charge in [-0.1, -0.05) is 24.6 Å². The van der Waals surface area contributed by atoms with Crippen molar-refractivity contribution >= 4 is 23.2 Å². The number of rotatable bonds is 4. The van der Waals surface area contributed by atoms with E-state index in [0.717, 1.165) is 31.4 Å². The van der Waals surface area contributed by atoms with Crippen LogP contribution in [-0.4, -0.2) is 23.4 Å². The van der Waals surface area contributed by atoms with E-state index in [0.29, 0.717) is 16.8 Å². The van der Waals surface area contributed by atoms with Crippen molar-refractivity contribution < 1.29 is 4.79 Å². The molecular formula is C18H22ClN3O. The van der Waals surface area contributed by atoms with Crippen LogP contribution in [0.5, 0.6) is 0 Å². The zero-order valence-electron chi connectivity index (χ0n) is 13.6. The van der Waals surface area contributed by atoms with Gasteiger partial charge < -0.3 is 10.2 Å². The van der Waals surface area contributed by atoms with E-state index < -0.39 is 5.91 Å². The first-order valence-electron chi connectivity index (χ1n) is 8.00. The van der Waals surface area contributed by atoms with Crippen LogP contribution in [0.4, 0.5) is 5.69 Å². The number of nitriles is 1. The summed E-state index contributed by atoms with van der Waals surface area (Å²) < 4.78 is 0. The van der Waals surface area contributed by atoms with Gasteiger partial charge in [0.25, 0.3) is 5.91 Å². The lowest BCUT2D eigenvalue weighted by atomic mass is 10.0. The number of hydrogen-bond acceptors (Lipinski definition) is 3. The van der Waals surface area contributed by atoms with Gasteiger partial charge in [0.1, 0.15) is 11.6 Å². The fourth-order valence-corrected chi connectivity index (χ4v) is 3.03. The number of benzene rings is 1. The van der Waals surface area contributed by atoms with Crippen molar-refractivity contribution in [2.45, 2.75) is 45.6 Å². The van der Waals surface area contributed by atoms with Crippen LogP contribution in [0.25, 0.3) is 0 Å². The van der Waals surface area contributed by atoms with Gasteiger partial charge in [-0.05, 0) is 50.3 Å². The second-order valence-corrected chi connectivity index (χ2v) is 6.30. The van der Waals surface area contributed by atoms with Crippen molar-refractivity contribution in [2.75, 3.05) is 11.9 Å². The maximum Gasteiger partial charge on any atom is 0.267 e. The van der Waals surface area contributed by atoms with Crippen molar-refractivity contribution in [3.8, 4) is 6.07 Å². The van der Waals surface area contributed by atoms with Gasteiger partial charge in [-0.25, -0.2) is 0 Å². The summed E-state index contributed by atoms with van der Waals surface area (Å²) in [5, 5.41) is 12.7. The molecule has 1 saturated heterocycles. The number of nitrogens with zero attached hydrogens (tertiary/aromatic N) is 2. The fourth-order valence-electron chi connectivity index (χ4n) is 2.85. The van der Waals surface area contributed by atoms with Gasteiger partial charge in [0.05, 0.1) is 0 Å². The number of halogens is 1. The minimum Gasteiger partial charge on any atom is -0.373 e. The standard InChI is InChI=1S/C18H22ClN3O/c1-3-16-6-4-5-9-22(16)12-14(11-20)18(23)21-17-10-15(19)8-7-13(17)2/h7-8,10,12,16H,3-6,9H2,1-2H3,(H,21,23)/b14-12-. The van der Waals surface area contributed by atoms with Gasteiger partial charge in [-0.2, -0.15) is 5.26 Å². The largest absolute Gasteiger partial charge is 0.373 e. The normalized spacial score (nSPS) is 18.4. The van der Waals surface area contributed by atoms with Crippen LogP contribution < -0.4 is 5.32 Å². The average Bonchev–Trinajstić information content (AvgIpc) is 2.56. The molecule has 0 spiro atoms. The molecule has 0 bridgehead atoms. The molecule has 0 aromatic heterocycles. The minimum absolute atomic E-state index is 0.129. The Bertz CT molecular complexity index is 648. The molecule has 122 valence electrons. The summed E-state index contributed by atoms with van der Waals surface area (Å²) in [5.74, 6) is -0.390. The molecular weight excluding hydrogens is 310 g/mol. The summed E-state index contributed by atoms with van der Waals surface area (Å²) in [4.78, 5) is 14.5. The number of hydrogen-bond donors (Lipinski definition) is 1. The van der Waals surface area contributed by atoms with E-state index >= 15 is 0 Å². The highest BCUT2D eigenvalue weighted by Crippen LogP contribution is 2.22. The molecule has 4 nitrogen and oxygen atoms in total. The van der Waals surface area contributed by atoms with Crippen LogP contribution in [0.15, 0.2) is 30.0 Å². The third-order valence-corrected chi connectivity index (χ3v) is 4.49.